The Morgan fingerprint density at radius 1 is 1.07 bits per heavy atom. The highest BCUT2D eigenvalue weighted by molar-refractivity contribution is 7.99. The lowest BCUT2D eigenvalue weighted by molar-refractivity contribution is 0.0697. The number of anilines is 2. The number of rotatable bonds is 5. The summed E-state index contributed by atoms with van der Waals surface area (Å²) >= 11 is 1.75. The van der Waals surface area contributed by atoms with Gasteiger partial charge in [-0.25, -0.2) is 26.4 Å². The SMILES string of the molecule is O=C(O)c1cc(NS(=O)(=O)c2cc(F)c(F)c(F)c2)ccc1N1CCSCC1. The second kappa shape index (κ2) is 7.92. The number of carboxylic acid groups (broad SMARTS) is 1. The molecule has 2 aromatic rings. The number of hydrogen-bond donors (Lipinski definition) is 2. The van der Waals surface area contributed by atoms with Crippen LogP contribution in [0.1, 0.15) is 10.4 Å². The van der Waals surface area contributed by atoms with E-state index in [-0.39, 0.29) is 11.3 Å². The fourth-order valence-electron chi connectivity index (χ4n) is 2.75. The van der Waals surface area contributed by atoms with Gasteiger partial charge >= 0.3 is 5.97 Å². The zero-order valence-electron chi connectivity index (χ0n) is 14.3. The van der Waals surface area contributed by atoms with Gasteiger partial charge in [0.15, 0.2) is 17.5 Å². The minimum Gasteiger partial charge on any atom is -0.478 e. The van der Waals surface area contributed by atoms with Crippen molar-refractivity contribution in [1.29, 1.82) is 0 Å². The molecular weight excluding hydrogens is 417 g/mol. The quantitative estimate of drug-likeness (QED) is 0.706. The van der Waals surface area contributed by atoms with Crippen molar-refractivity contribution in [3.05, 3.63) is 53.3 Å². The van der Waals surface area contributed by atoms with Crippen molar-refractivity contribution in [1.82, 2.24) is 0 Å². The van der Waals surface area contributed by atoms with Gasteiger partial charge in [0, 0.05) is 30.3 Å². The number of aromatic carboxylic acids is 1. The molecule has 0 saturated carbocycles. The number of sulfonamides is 1. The minimum atomic E-state index is -4.46. The summed E-state index contributed by atoms with van der Waals surface area (Å²) in [4.78, 5) is 12.7. The van der Waals surface area contributed by atoms with Crippen LogP contribution in [-0.4, -0.2) is 44.1 Å². The van der Waals surface area contributed by atoms with E-state index >= 15 is 0 Å². The molecule has 150 valence electrons. The van der Waals surface area contributed by atoms with Gasteiger partial charge in [-0.1, -0.05) is 0 Å². The van der Waals surface area contributed by atoms with Crippen molar-refractivity contribution in [2.75, 3.05) is 34.2 Å². The second-order valence-electron chi connectivity index (χ2n) is 5.94. The van der Waals surface area contributed by atoms with E-state index in [4.69, 9.17) is 0 Å². The van der Waals surface area contributed by atoms with Crippen molar-refractivity contribution in [3.63, 3.8) is 0 Å². The third-order valence-corrected chi connectivity index (χ3v) is 6.40. The number of nitrogens with one attached hydrogen (secondary N) is 1. The van der Waals surface area contributed by atoms with Crippen LogP contribution in [0.2, 0.25) is 0 Å². The second-order valence-corrected chi connectivity index (χ2v) is 8.85. The van der Waals surface area contributed by atoms with Gasteiger partial charge in [-0.05, 0) is 30.3 Å². The number of thioether (sulfide) groups is 1. The fraction of sp³-hybridized carbons (Fsp3) is 0.235. The molecule has 1 saturated heterocycles. The smallest absolute Gasteiger partial charge is 0.337 e. The van der Waals surface area contributed by atoms with Crippen LogP contribution in [0.15, 0.2) is 35.2 Å². The first-order valence-corrected chi connectivity index (χ1v) is 10.7. The predicted octanol–water partition coefficient (Wildman–Crippen LogP) is 3.16. The molecule has 11 heteroatoms. The van der Waals surface area contributed by atoms with E-state index in [0.29, 0.717) is 30.9 Å². The molecule has 1 aliphatic rings. The molecule has 0 aliphatic carbocycles. The molecule has 0 radical (unpaired) electrons. The highest BCUT2D eigenvalue weighted by atomic mass is 32.2. The van der Waals surface area contributed by atoms with Crippen LogP contribution in [0.25, 0.3) is 0 Å². The maximum Gasteiger partial charge on any atom is 0.337 e. The van der Waals surface area contributed by atoms with Crippen LogP contribution in [0.3, 0.4) is 0 Å². The summed E-state index contributed by atoms with van der Waals surface area (Å²) < 4.78 is 66.5. The molecule has 3 rings (SSSR count). The standard InChI is InChI=1S/C17H15F3N2O4S2/c18-13-8-11(9-14(19)16(13)20)28(25,26)21-10-1-2-15(12(7-10)17(23)24)22-3-5-27-6-4-22/h1-2,7-9,21H,3-6H2,(H,23,24). The minimum absolute atomic E-state index is 0.0994. The lowest BCUT2D eigenvalue weighted by atomic mass is 10.1. The maximum atomic E-state index is 13.3. The monoisotopic (exact) mass is 432 g/mol. The Morgan fingerprint density at radius 3 is 2.25 bits per heavy atom. The van der Waals surface area contributed by atoms with E-state index in [1.165, 1.54) is 12.1 Å². The number of benzene rings is 2. The summed E-state index contributed by atoms with van der Waals surface area (Å²) in [6.45, 7) is 1.31. The molecule has 1 heterocycles. The molecule has 0 spiro atoms. The number of carboxylic acids is 1. The topological polar surface area (TPSA) is 86.7 Å². The van der Waals surface area contributed by atoms with Crippen LogP contribution in [0.5, 0.6) is 0 Å². The van der Waals surface area contributed by atoms with Crippen molar-refractivity contribution in [2.45, 2.75) is 4.90 Å². The van der Waals surface area contributed by atoms with Crippen LogP contribution >= 0.6 is 11.8 Å². The normalized spacial score (nSPS) is 14.8. The fourth-order valence-corrected chi connectivity index (χ4v) is 4.73. The first kappa shape index (κ1) is 20.3. The summed E-state index contributed by atoms with van der Waals surface area (Å²) in [5, 5.41) is 9.49. The Bertz CT molecular complexity index is 1000. The zero-order chi connectivity index (χ0) is 20.5. The van der Waals surface area contributed by atoms with Gasteiger partial charge in [0.25, 0.3) is 10.0 Å². The highest BCUT2D eigenvalue weighted by Gasteiger charge is 2.23. The summed E-state index contributed by atoms with van der Waals surface area (Å²) in [6.07, 6.45) is 0. The Morgan fingerprint density at radius 2 is 1.68 bits per heavy atom. The lowest BCUT2D eigenvalue weighted by Gasteiger charge is -2.29. The highest BCUT2D eigenvalue weighted by Crippen LogP contribution is 2.28. The molecular formula is C17H15F3N2O4S2. The van der Waals surface area contributed by atoms with Crippen molar-refractivity contribution in [3.8, 4) is 0 Å². The molecule has 2 N–H and O–H groups in total. The molecule has 28 heavy (non-hydrogen) atoms. The average Bonchev–Trinajstić information content (AvgIpc) is 2.66. The van der Waals surface area contributed by atoms with Crippen molar-refractivity contribution in [2.24, 2.45) is 0 Å². The van der Waals surface area contributed by atoms with Crippen LogP contribution < -0.4 is 9.62 Å². The number of carbonyl (C=O) groups is 1. The molecule has 0 atom stereocenters. The molecule has 0 aromatic heterocycles. The Hall–Kier alpha value is -2.40. The molecule has 2 aromatic carbocycles. The first-order valence-electron chi connectivity index (χ1n) is 8.06. The van der Waals surface area contributed by atoms with E-state index in [1.807, 2.05) is 4.90 Å². The first-order chi connectivity index (χ1) is 13.2. The van der Waals surface area contributed by atoms with Crippen LogP contribution in [-0.2, 0) is 10.0 Å². The van der Waals surface area contributed by atoms with E-state index < -0.39 is 38.3 Å². The van der Waals surface area contributed by atoms with Gasteiger partial charge in [-0.15, -0.1) is 0 Å². The van der Waals surface area contributed by atoms with Gasteiger partial charge in [-0.3, -0.25) is 4.72 Å². The van der Waals surface area contributed by atoms with Gasteiger partial charge in [0.05, 0.1) is 16.1 Å². The lowest BCUT2D eigenvalue weighted by Crippen LogP contribution is -2.33. The van der Waals surface area contributed by atoms with E-state index in [0.717, 1.165) is 17.6 Å². The van der Waals surface area contributed by atoms with Gasteiger partial charge in [-0.2, -0.15) is 11.8 Å². The number of hydrogen-bond acceptors (Lipinski definition) is 5. The van der Waals surface area contributed by atoms with E-state index in [9.17, 15) is 31.5 Å². The van der Waals surface area contributed by atoms with Crippen molar-refractivity contribution < 1.29 is 31.5 Å². The summed E-state index contributed by atoms with van der Waals surface area (Å²) in [5.41, 5.74) is 0.246. The van der Waals surface area contributed by atoms with Gasteiger partial charge in [0.1, 0.15) is 0 Å². The van der Waals surface area contributed by atoms with E-state index in [2.05, 4.69) is 4.72 Å². The molecule has 0 amide bonds. The molecule has 6 nitrogen and oxygen atoms in total. The average molecular weight is 432 g/mol. The van der Waals surface area contributed by atoms with Crippen LogP contribution in [0.4, 0.5) is 24.5 Å². The summed E-state index contributed by atoms with van der Waals surface area (Å²) in [7, 11) is -4.46. The third-order valence-electron chi connectivity index (χ3n) is 4.10. The largest absolute Gasteiger partial charge is 0.478 e. The Labute approximate surface area is 163 Å². The maximum absolute atomic E-state index is 13.3. The van der Waals surface area contributed by atoms with Crippen LogP contribution in [0, 0.1) is 17.5 Å². The van der Waals surface area contributed by atoms with Gasteiger partial charge < -0.3 is 10.0 Å². The van der Waals surface area contributed by atoms with E-state index in [1.54, 1.807) is 11.8 Å². The summed E-state index contributed by atoms with van der Waals surface area (Å²) in [5.74, 6) is -4.64. The van der Waals surface area contributed by atoms with Crippen molar-refractivity contribution >= 4 is 39.1 Å². The molecule has 1 aliphatic heterocycles. The molecule has 0 unspecified atom stereocenters. The summed E-state index contributed by atoms with van der Waals surface area (Å²) in [6, 6.07) is 4.66. The Kier molecular flexibility index (Phi) is 5.75. The number of halogens is 3. The molecule has 0 bridgehead atoms. The molecule has 1 fully saturated rings. The van der Waals surface area contributed by atoms with Gasteiger partial charge in [0.2, 0.25) is 0 Å². The third kappa shape index (κ3) is 4.20. The Balaban J connectivity index is 1.93. The zero-order valence-corrected chi connectivity index (χ0v) is 15.9. The number of nitrogens with zero attached hydrogens (tertiary/aromatic N) is 1. The predicted molar refractivity (Wildman–Crippen MR) is 100 cm³/mol.